The number of Topliss-reactive ketones (excluding diaryl/α,β-unsaturated/α-hetero) is 1. The van der Waals surface area contributed by atoms with E-state index in [9.17, 15) is 4.79 Å². The molecular weight excluding hydrogens is 331 g/mol. The van der Waals surface area contributed by atoms with Crippen LogP contribution in [0.5, 0.6) is 0 Å². The lowest BCUT2D eigenvalue weighted by Gasteiger charge is -2.01. The molecule has 0 aliphatic rings. The van der Waals surface area contributed by atoms with E-state index in [4.69, 9.17) is 0 Å². The van der Waals surface area contributed by atoms with Crippen LogP contribution in [-0.2, 0) is 11.2 Å². The van der Waals surface area contributed by atoms with Crippen molar-refractivity contribution in [3.63, 3.8) is 0 Å². The van der Waals surface area contributed by atoms with Crippen LogP contribution in [0.15, 0.2) is 22.7 Å². The van der Waals surface area contributed by atoms with Crippen molar-refractivity contribution in [2.45, 2.75) is 13.3 Å². The molecule has 1 aromatic rings. The lowest BCUT2D eigenvalue weighted by Crippen LogP contribution is -1.97. The Morgan fingerprint density at radius 3 is 2.75 bits per heavy atom. The fourth-order valence-corrected chi connectivity index (χ4v) is 2.37. The highest BCUT2D eigenvalue weighted by atomic mass is 127. The van der Waals surface area contributed by atoms with Gasteiger partial charge in [0.2, 0.25) is 0 Å². The van der Waals surface area contributed by atoms with E-state index >= 15 is 0 Å². The maximum Gasteiger partial charge on any atom is 0.134 e. The molecule has 12 heavy (non-hydrogen) atoms. The normalized spacial score (nSPS) is 9.92. The first-order valence-electron chi connectivity index (χ1n) is 3.53. The summed E-state index contributed by atoms with van der Waals surface area (Å²) < 4.78 is 2.19. The number of carbonyl (C=O) groups excluding carboxylic acids is 1. The van der Waals surface area contributed by atoms with Crippen LogP contribution in [0.1, 0.15) is 12.5 Å². The minimum Gasteiger partial charge on any atom is -0.300 e. The van der Waals surface area contributed by atoms with Crippen molar-refractivity contribution < 1.29 is 4.79 Å². The molecule has 0 aromatic heterocycles. The SMILES string of the molecule is CC(=O)Cc1ccc(I)cc1Br. The highest BCUT2D eigenvalue weighted by Crippen LogP contribution is 2.20. The maximum absolute atomic E-state index is 10.8. The van der Waals surface area contributed by atoms with Crippen LogP contribution in [0.2, 0.25) is 0 Å². The number of carbonyl (C=O) groups is 1. The first-order chi connectivity index (χ1) is 5.59. The fourth-order valence-electron chi connectivity index (χ4n) is 0.933. The molecule has 1 aromatic carbocycles. The maximum atomic E-state index is 10.8. The quantitative estimate of drug-likeness (QED) is 0.757. The van der Waals surface area contributed by atoms with Crippen molar-refractivity contribution in [2.75, 3.05) is 0 Å². The van der Waals surface area contributed by atoms with Crippen LogP contribution in [0, 0.1) is 3.57 Å². The van der Waals surface area contributed by atoms with Crippen molar-refractivity contribution in [3.8, 4) is 0 Å². The van der Waals surface area contributed by atoms with Crippen molar-refractivity contribution in [3.05, 3.63) is 31.8 Å². The molecule has 0 aliphatic heterocycles. The molecule has 0 aliphatic carbocycles. The molecule has 64 valence electrons. The van der Waals surface area contributed by atoms with Gasteiger partial charge in [0.15, 0.2) is 0 Å². The summed E-state index contributed by atoms with van der Waals surface area (Å²) in [6, 6.07) is 6.00. The molecule has 0 fully saturated rings. The Kier molecular flexibility index (Phi) is 3.71. The van der Waals surface area contributed by atoms with Crippen LogP contribution in [0.3, 0.4) is 0 Å². The van der Waals surface area contributed by atoms with E-state index in [2.05, 4.69) is 38.5 Å². The molecule has 0 amide bonds. The lowest BCUT2D eigenvalue weighted by molar-refractivity contribution is -0.116. The zero-order valence-corrected chi connectivity index (χ0v) is 10.3. The van der Waals surface area contributed by atoms with Crippen molar-refractivity contribution >= 4 is 44.3 Å². The minimum atomic E-state index is 0.192. The highest BCUT2D eigenvalue weighted by molar-refractivity contribution is 14.1. The van der Waals surface area contributed by atoms with Crippen molar-refractivity contribution in [1.29, 1.82) is 0 Å². The van der Waals surface area contributed by atoms with Crippen LogP contribution in [0.4, 0.5) is 0 Å². The Bertz CT molecular complexity index is 309. The smallest absolute Gasteiger partial charge is 0.134 e. The van der Waals surface area contributed by atoms with E-state index < -0.39 is 0 Å². The number of hydrogen-bond donors (Lipinski definition) is 0. The van der Waals surface area contributed by atoms with E-state index in [0.717, 1.165) is 10.0 Å². The van der Waals surface area contributed by atoms with Gasteiger partial charge in [-0.3, -0.25) is 4.79 Å². The monoisotopic (exact) mass is 338 g/mol. The molecule has 0 spiro atoms. The Hall–Kier alpha value is 0.1000. The van der Waals surface area contributed by atoms with Crippen molar-refractivity contribution in [2.24, 2.45) is 0 Å². The third kappa shape index (κ3) is 2.86. The fraction of sp³-hybridized carbons (Fsp3) is 0.222. The van der Waals surface area contributed by atoms with E-state index in [0.29, 0.717) is 6.42 Å². The third-order valence-electron chi connectivity index (χ3n) is 1.45. The van der Waals surface area contributed by atoms with Crippen LogP contribution in [0.25, 0.3) is 0 Å². The minimum absolute atomic E-state index is 0.192. The molecule has 0 saturated carbocycles. The van der Waals surface area contributed by atoms with E-state index in [1.807, 2.05) is 18.2 Å². The second-order valence-corrected chi connectivity index (χ2v) is 4.71. The number of ketones is 1. The largest absolute Gasteiger partial charge is 0.300 e. The molecule has 0 unspecified atom stereocenters. The Balaban J connectivity index is 2.93. The van der Waals surface area contributed by atoms with E-state index in [1.165, 1.54) is 3.57 Å². The first kappa shape index (κ1) is 10.2. The third-order valence-corrected chi connectivity index (χ3v) is 2.86. The molecule has 3 heteroatoms. The number of rotatable bonds is 2. The zero-order valence-electron chi connectivity index (χ0n) is 6.60. The van der Waals surface area contributed by atoms with Gasteiger partial charge >= 0.3 is 0 Å². The topological polar surface area (TPSA) is 17.1 Å². The van der Waals surface area contributed by atoms with Crippen molar-refractivity contribution in [1.82, 2.24) is 0 Å². The molecule has 0 bridgehead atoms. The molecule has 1 rings (SSSR count). The summed E-state index contributed by atoms with van der Waals surface area (Å²) in [6.45, 7) is 1.60. The number of hydrogen-bond acceptors (Lipinski definition) is 1. The van der Waals surface area contributed by atoms with Gasteiger partial charge in [-0.2, -0.15) is 0 Å². The molecule has 1 nitrogen and oxygen atoms in total. The van der Waals surface area contributed by atoms with Gasteiger partial charge in [-0.05, 0) is 47.2 Å². The predicted octanol–water partition coefficient (Wildman–Crippen LogP) is 3.19. The molecule has 0 heterocycles. The molecule has 0 saturated heterocycles. The van der Waals surface area contributed by atoms with Crippen LogP contribution in [-0.4, -0.2) is 5.78 Å². The van der Waals surface area contributed by atoms with Crippen LogP contribution >= 0.6 is 38.5 Å². The van der Waals surface area contributed by atoms with Gasteiger partial charge in [0.25, 0.3) is 0 Å². The molecule has 0 atom stereocenters. The van der Waals surface area contributed by atoms with Gasteiger partial charge in [-0.25, -0.2) is 0 Å². The van der Waals surface area contributed by atoms with Gasteiger partial charge in [-0.15, -0.1) is 0 Å². The zero-order chi connectivity index (χ0) is 9.14. The summed E-state index contributed by atoms with van der Waals surface area (Å²) in [7, 11) is 0. The van der Waals surface area contributed by atoms with Crippen LogP contribution < -0.4 is 0 Å². The Morgan fingerprint density at radius 1 is 1.58 bits per heavy atom. The van der Waals surface area contributed by atoms with Gasteiger partial charge in [0.05, 0.1) is 0 Å². The summed E-state index contributed by atoms with van der Waals surface area (Å²) in [5.74, 6) is 0.192. The molecule has 0 radical (unpaired) electrons. The van der Waals surface area contributed by atoms with Gasteiger partial charge in [0.1, 0.15) is 5.78 Å². The second-order valence-electron chi connectivity index (χ2n) is 2.61. The van der Waals surface area contributed by atoms with E-state index in [1.54, 1.807) is 6.92 Å². The van der Waals surface area contributed by atoms with Gasteiger partial charge in [0, 0.05) is 14.5 Å². The molecular formula is C9H8BrIO. The Labute approximate surface area is 93.8 Å². The number of benzene rings is 1. The average molecular weight is 339 g/mol. The van der Waals surface area contributed by atoms with Gasteiger partial charge in [-0.1, -0.05) is 22.0 Å². The summed E-state index contributed by atoms with van der Waals surface area (Å²) in [5, 5.41) is 0. The number of halogens is 2. The average Bonchev–Trinajstić information content (AvgIpc) is 1.94. The second kappa shape index (κ2) is 4.37. The summed E-state index contributed by atoms with van der Waals surface area (Å²) in [4.78, 5) is 10.8. The highest BCUT2D eigenvalue weighted by Gasteiger charge is 2.02. The Morgan fingerprint density at radius 2 is 2.25 bits per heavy atom. The molecule has 0 N–H and O–H groups in total. The van der Waals surface area contributed by atoms with E-state index in [-0.39, 0.29) is 5.78 Å². The lowest BCUT2D eigenvalue weighted by atomic mass is 10.1. The predicted molar refractivity (Wildman–Crippen MR) is 61.2 cm³/mol. The standard InChI is InChI=1S/C9H8BrIO/c1-6(12)4-7-2-3-8(11)5-9(7)10/h2-3,5H,4H2,1H3. The first-order valence-corrected chi connectivity index (χ1v) is 5.40. The summed E-state index contributed by atoms with van der Waals surface area (Å²) >= 11 is 5.66. The van der Waals surface area contributed by atoms with Gasteiger partial charge < -0.3 is 0 Å². The summed E-state index contributed by atoms with van der Waals surface area (Å²) in [6.07, 6.45) is 0.511. The summed E-state index contributed by atoms with van der Waals surface area (Å²) in [5.41, 5.74) is 1.06.